The topological polar surface area (TPSA) is 216 Å². The van der Waals surface area contributed by atoms with Gasteiger partial charge in [-0.05, 0) is 60.0 Å². The van der Waals surface area contributed by atoms with E-state index in [1.165, 1.54) is 36.4 Å². The molecule has 2 amide bonds. The van der Waals surface area contributed by atoms with Gasteiger partial charge < -0.3 is 39.6 Å². The normalized spacial score (nSPS) is 12.4. The van der Waals surface area contributed by atoms with Crippen LogP contribution in [-0.4, -0.2) is 46.0 Å². The number of fused-ring (bicyclic) bond motifs is 2. The number of hydrogen-bond donors (Lipinski definition) is 5. The maximum absolute atomic E-state index is 14.5. The van der Waals surface area contributed by atoms with Crippen LogP contribution >= 0.6 is 7.82 Å². The van der Waals surface area contributed by atoms with Crippen LogP contribution in [0.25, 0.3) is 33.4 Å². The number of phosphoric ester groups is 1. The molecule has 1 aliphatic carbocycles. The SMILES string of the molecule is O=C(CCc1ccc(OP(=O)([O-])O)cc1)NCCNC(=O)c1ccc(C(=O)O)c(-c2c3cc(F)c(=O)cc-3oc3cc(O)c(F)cc23)c1. The second-order valence-corrected chi connectivity index (χ2v) is 11.6. The van der Waals surface area contributed by atoms with E-state index in [1.54, 1.807) is 0 Å². The van der Waals surface area contributed by atoms with Gasteiger partial charge >= 0.3 is 13.8 Å². The van der Waals surface area contributed by atoms with Gasteiger partial charge in [0.05, 0.1) is 5.56 Å². The molecular weight excluding hydrogens is 657 g/mol. The largest absolute Gasteiger partial charge is 0.746 e. The van der Waals surface area contributed by atoms with E-state index in [1.807, 2.05) is 0 Å². The molecule has 2 aliphatic rings. The number of nitrogens with one attached hydrogen (secondary N) is 2. The lowest BCUT2D eigenvalue weighted by molar-refractivity contribution is -0.211. The van der Waals surface area contributed by atoms with E-state index in [2.05, 4.69) is 15.2 Å². The Labute approximate surface area is 269 Å². The Morgan fingerprint density at radius 3 is 2.31 bits per heavy atom. The molecule has 5 rings (SSSR count). The zero-order chi connectivity index (χ0) is 34.7. The molecule has 0 bridgehead atoms. The summed E-state index contributed by atoms with van der Waals surface area (Å²) in [6, 6.07) is 12.7. The summed E-state index contributed by atoms with van der Waals surface area (Å²) in [6.45, 7) is 0.00281. The van der Waals surface area contributed by atoms with E-state index < -0.39 is 42.5 Å². The fourth-order valence-electron chi connectivity index (χ4n) is 4.95. The summed E-state index contributed by atoms with van der Waals surface area (Å²) in [7, 11) is -4.94. The molecule has 1 unspecified atom stereocenters. The van der Waals surface area contributed by atoms with Gasteiger partial charge in [-0.15, -0.1) is 0 Å². The molecule has 5 N–H and O–H groups in total. The molecule has 0 saturated carbocycles. The van der Waals surface area contributed by atoms with Crippen molar-refractivity contribution >= 4 is 36.6 Å². The van der Waals surface area contributed by atoms with Crippen LogP contribution in [0.5, 0.6) is 11.5 Å². The highest BCUT2D eigenvalue weighted by molar-refractivity contribution is 7.45. The van der Waals surface area contributed by atoms with Crippen LogP contribution in [0, 0.1) is 11.6 Å². The summed E-state index contributed by atoms with van der Waals surface area (Å²) in [4.78, 5) is 69.2. The second-order valence-electron chi connectivity index (χ2n) is 10.4. The predicted molar refractivity (Wildman–Crippen MR) is 164 cm³/mol. The number of carboxylic acid groups (broad SMARTS) is 1. The van der Waals surface area contributed by atoms with Crippen LogP contribution in [0.4, 0.5) is 8.78 Å². The molecule has 0 saturated heterocycles. The fourth-order valence-corrected chi connectivity index (χ4v) is 5.33. The molecule has 0 aromatic heterocycles. The predicted octanol–water partition coefficient (Wildman–Crippen LogP) is 3.57. The first-order valence-electron chi connectivity index (χ1n) is 14.0. The standard InChI is InChI=1S/C32H25F2N2O11P/c33-23-12-21-27(14-25(23)37)46-28-15-26(38)24(34)13-22(28)30(21)20-11-17(4-7-19(20)32(41)42)31(40)36-10-9-35-29(39)8-3-16-1-5-18(6-2-16)47-48(43,44)45/h1-2,4-7,11-15,37H,3,8-10H2,(H,35,39)(H,36,40)(H,41,42)(H2,43,44,45)/p-1. The van der Waals surface area contributed by atoms with Crippen molar-refractivity contribution < 1.29 is 56.7 Å². The molecule has 1 aliphatic heterocycles. The quantitative estimate of drug-likeness (QED) is 0.0772. The van der Waals surface area contributed by atoms with Gasteiger partial charge in [-0.25, -0.2) is 13.6 Å². The Hall–Kier alpha value is -5.63. The summed E-state index contributed by atoms with van der Waals surface area (Å²) in [5, 5.41) is 25.0. The van der Waals surface area contributed by atoms with Crippen LogP contribution in [0.1, 0.15) is 32.7 Å². The van der Waals surface area contributed by atoms with Crippen LogP contribution in [0.3, 0.4) is 0 Å². The number of aromatic carboxylic acids is 1. The Kier molecular flexibility index (Phi) is 9.57. The number of hydrogen-bond acceptors (Lipinski definition) is 9. The molecule has 16 heteroatoms. The van der Waals surface area contributed by atoms with E-state index in [0.29, 0.717) is 12.0 Å². The number of carbonyl (C=O) groups is 3. The van der Waals surface area contributed by atoms with Gasteiger partial charge in [0, 0.05) is 53.7 Å². The molecule has 3 aromatic carbocycles. The van der Waals surface area contributed by atoms with Crippen molar-refractivity contribution in [1.29, 1.82) is 0 Å². The molecule has 1 atom stereocenters. The van der Waals surface area contributed by atoms with E-state index in [4.69, 9.17) is 9.31 Å². The van der Waals surface area contributed by atoms with Gasteiger partial charge in [-0.1, -0.05) is 12.1 Å². The van der Waals surface area contributed by atoms with Gasteiger partial charge in [-0.2, -0.15) is 0 Å². The Morgan fingerprint density at radius 2 is 1.62 bits per heavy atom. The van der Waals surface area contributed by atoms with Gasteiger partial charge in [0.2, 0.25) is 11.3 Å². The number of phenols is 1. The number of benzene rings is 4. The number of halogens is 2. The molecule has 3 aromatic rings. The lowest BCUT2D eigenvalue weighted by Gasteiger charge is -2.18. The fraction of sp³-hybridized carbons (Fsp3) is 0.125. The maximum Gasteiger partial charge on any atom is 0.336 e. The third-order valence-corrected chi connectivity index (χ3v) is 7.58. The van der Waals surface area contributed by atoms with Crippen molar-refractivity contribution in [3.63, 3.8) is 0 Å². The zero-order valence-electron chi connectivity index (χ0n) is 24.5. The highest BCUT2D eigenvalue weighted by atomic mass is 31.2. The molecule has 0 radical (unpaired) electrons. The summed E-state index contributed by atoms with van der Waals surface area (Å²) in [5.41, 5.74) is -1.14. The first kappa shape index (κ1) is 33.7. The lowest BCUT2D eigenvalue weighted by Crippen LogP contribution is -2.34. The van der Waals surface area contributed by atoms with E-state index in [-0.39, 0.29) is 75.7 Å². The molecule has 0 fully saturated rings. The van der Waals surface area contributed by atoms with Crippen molar-refractivity contribution in [3.8, 4) is 33.9 Å². The van der Waals surface area contributed by atoms with Gasteiger partial charge in [-0.3, -0.25) is 18.9 Å². The molecule has 248 valence electrons. The Bertz CT molecular complexity index is 2150. The minimum Gasteiger partial charge on any atom is -0.746 e. The summed E-state index contributed by atoms with van der Waals surface area (Å²) >= 11 is 0. The monoisotopic (exact) mass is 681 g/mol. The van der Waals surface area contributed by atoms with Gasteiger partial charge in [0.25, 0.3) is 5.91 Å². The van der Waals surface area contributed by atoms with Crippen molar-refractivity contribution in [3.05, 3.63) is 105 Å². The zero-order valence-corrected chi connectivity index (χ0v) is 25.4. The number of rotatable bonds is 11. The lowest BCUT2D eigenvalue weighted by atomic mass is 9.89. The minimum absolute atomic E-state index is 0.0267. The third kappa shape index (κ3) is 7.66. The van der Waals surface area contributed by atoms with Crippen LogP contribution in [-0.2, 0) is 15.8 Å². The van der Waals surface area contributed by atoms with Crippen molar-refractivity contribution in [2.75, 3.05) is 13.1 Å². The summed E-state index contributed by atoms with van der Waals surface area (Å²) < 4.78 is 49.8. The number of aryl methyl sites for hydroxylation is 1. The molecule has 48 heavy (non-hydrogen) atoms. The summed E-state index contributed by atoms with van der Waals surface area (Å²) in [6.07, 6.45) is 0.358. The molecular formula is C32H24F2N2O11P-. The van der Waals surface area contributed by atoms with Crippen molar-refractivity contribution in [2.24, 2.45) is 0 Å². The Balaban J connectivity index is 1.32. The van der Waals surface area contributed by atoms with Gasteiger partial charge in [0.1, 0.15) is 17.1 Å². The van der Waals surface area contributed by atoms with Crippen LogP contribution < -0.4 is 25.5 Å². The number of phenolic OH excluding ortho intramolecular Hbond substituents is 1. The van der Waals surface area contributed by atoms with Crippen LogP contribution in [0.2, 0.25) is 0 Å². The van der Waals surface area contributed by atoms with Crippen LogP contribution in [0.15, 0.2) is 75.9 Å². The average Bonchev–Trinajstić information content (AvgIpc) is 3.02. The van der Waals surface area contributed by atoms with Crippen molar-refractivity contribution in [1.82, 2.24) is 10.6 Å². The van der Waals surface area contributed by atoms with Gasteiger partial charge in [0.15, 0.2) is 17.4 Å². The van der Waals surface area contributed by atoms with Crippen molar-refractivity contribution in [2.45, 2.75) is 12.8 Å². The highest BCUT2D eigenvalue weighted by Gasteiger charge is 2.25. The molecule has 13 nitrogen and oxygen atoms in total. The molecule has 1 heterocycles. The average molecular weight is 682 g/mol. The summed E-state index contributed by atoms with van der Waals surface area (Å²) in [5.74, 6) is -5.78. The molecule has 0 spiro atoms. The van der Waals surface area contributed by atoms with E-state index in [0.717, 1.165) is 30.3 Å². The maximum atomic E-state index is 14.5. The van der Waals surface area contributed by atoms with E-state index >= 15 is 0 Å². The minimum atomic E-state index is -4.94. The smallest absolute Gasteiger partial charge is 0.336 e. The first-order chi connectivity index (χ1) is 22.7. The number of amides is 2. The number of carbonyl (C=O) groups excluding carboxylic acids is 2. The second kappa shape index (κ2) is 13.6. The first-order valence-corrected chi connectivity index (χ1v) is 15.5. The number of aromatic hydroxyl groups is 1. The number of carboxylic acids is 1. The third-order valence-electron chi connectivity index (χ3n) is 7.14. The Morgan fingerprint density at radius 1 is 0.917 bits per heavy atom. The number of phosphoric acid groups is 1. The highest BCUT2D eigenvalue weighted by Crippen LogP contribution is 2.43. The van der Waals surface area contributed by atoms with E-state index in [9.17, 15) is 47.6 Å².